The molecule has 1 N–H and O–H groups in total. The molecule has 2 amide bonds. The van der Waals surface area contributed by atoms with Crippen LogP contribution in [0.4, 0.5) is 5.69 Å². The summed E-state index contributed by atoms with van der Waals surface area (Å²) in [6.07, 6.45) is 7.76. The number of fused-ring (bicyclic) bond motifs is 1. The molecule has 3 rings (SSSR count). The van der Waals surface area contributed by atoms with E-state index in [2.05, 4.69) is 17.5 Å². The van der Waals surface area contributed by atoms with Gasteiger partial charge in [-0.3, -0.25) is 14.5 Å². The number of anilines is 1. The van der Waals surface area contributed by atoms with Crippen LogP contribution in [0.1, 0.15) is 40.0 Å². The average molecular weight is 256 g/mol. The van der Waals surface area contributed by atoms with Gasteiger partial charge in [-0.15, -0.1) is 0 Å². The van der Waals surface area contributed by atoms with Crippen molar-refractivity contribution in [3.8, 4) is 0 Å². The highest BCUT2D eigenvalue weighted by atomic mass is 16.2. The quantitative estimate of drug-likeness (QED) is 0.653. The molecule has 98 valence electrons. The van der Waals surface area contributed by atoms with E-state index < -0.39 is 0 Å². The Morgan fingerprint density at radius 1 is 1.21 bits per heavy atom. The maximum atomic E-state index is 11.9. The van der Waals surface area contributed by atoms with E-state index >= 15 is 0 Å². The number of allylic oxidation sites excluding steroid dienone is 1. The molecule has 1 atom stereocenters. The molecule has 0 saturated heterocycles. The molecule has 0 spiro atoms. The van der Waals surface area contributed by atoms with Gasteiger partial charge < -0.3 is 5.32 Å². The summed E-state index contributed by atoms with van der Waals surface area (Å²) in [4.78, 5) is 24.9. The molecule has 1 aromatic rings. The molecule has 0 radical (unpaired) electrons. The molecular weight excluding hydrogens is 240 g/mol. The highest BCUT2D eigenvalue weighted by molar-refractivity contribution is 6.21. The van der Waals surface area contributed by atoms with Crippen LogP contribution in [0, 0.1) is 0 Å². The molecule has 0 aromatic heterocycles. The summed E-state index contributed by atoms with van der Waals surface area (Å²) in [7, 11) is 1.52. The standard InChI is InChI=1S/C15H16N2O2/c1-17-14(18)12-8-7-11(9-13(12)15(17)19)16-10-5-3-2-4-6-10/h3,5,7-10,16H,2,4,6H2,1H3. The van der Waals surface area contributed by atoms with E-state index in [0.717, 1.165) is 23.4 Å². The number of benzene rings is 1. The van der Waals surface area contributed by atoms with Crippen molar-refractivity contribution in [3.63, 3.8) is 0 Å². The van der Waals surface area contributed by atoms with E-state index in [9.17, 15) is 9.59 Å². The summed E-state index contributed by atoms with van der Waals surface area (Å²) in [6, 6.07) is 5.69. The fraction of sp³-hybridized carbons (Fsp3) is 0.333. The van der Waals surface area contributed by atoms with Crippen molar-refractivity contribution in [3.05, 3.63) is 41.5 Å². The molecule has 1 aliphatic heterocycles. The Morgan fingerprint density at radius 2 is 2.00 bits per heavy atom. The molecule has 1 aromatic carbocycles. The van der Waals surface area contributed by atoms with Crippen LogP contribution < -0.4 is 5.32 Å². The molecule has 2 aliphatic rings. The predicted molar refractivity (Wildman–Crippen MR) is 73.3 cm³/mol. The summed E-state index contributed by atoms with van der Waals surface area (Å²) in [5.41, 5.74) is 1.89. The summed E-state index contributed by atoms with van der Waals surface area (Å²) < 4.78 is 0. The normalized spacial score (nSPS) is 21.7. The summed E-state index contributed by atoms with van der Waals surface area (Å²) in [5.74, 6) is -0.438. The van der Waals surface area contributed by atoms with Gasteiger partial charge in [-0.25, -0.2) is 0 Å². The van der Waals surface area contributed by atoms with E-state index in [0.29, 0.717) is 17.2 Å². The van der Waals surface area contributed by atoms with Crippen LogP contribution in [-0.2, 0) is 0 Å². The fourth-order valence-electron chi connectivity index (χ4n) is 2.60. The van der Waals surface area contributed by atoms with Gasteiger partial charge in [0.1, 0.15) is 0 Å². The van der Waals surface area contributed by atoms with Crippen molar-refractivity contribution in [1.82, 2.24) is 4.90 Å². The number of rotatable bonds is 2. The third-order valence-electron chi connectivity index (χ3n) is 3.70. The highest BCUT2D eigenvalue weighted by Crippen LogP contribution is 2.26. The smallest absolute Gasteiger partial charge is 0.261 e. The van der Waals surface area contributed by atoms with Crippen molar-refractivity contribution < 1.29 is 9.59 Å². The summed E-state index contributed by atoms with van der Waals surface area (Å²) >= 11 is 0. The zero-order chi connectivity index (χ0) is 13.4. The zero-order valence-corrected chi connectivity index (χ0v) is 10.8. The predicted octanol–water partition coefficient (Wildman–Crippen LogP) is 2.43. The largest absolute Gasteiger partial charge is 0.379 e. The molecule has 19 heavy (non-hydrogen) atoms. The molecular formula is C15H16N2O2. The van der Waals surface area contributed by atoms with Crippen LogP contribution in [-0.4, -0.2) is 29.8 Å². The van der Waals surface area contributed by atoms with Gasteiger partial charge in [-0.1, -0.05) is 12.2 Å². The van der Waals surface area contributed by atoms with Crippen LogP contribution in [0.3, 0.4) is 0 Å². The van der Waals surface area contributed by atoms with Gasteiger partial charge >= 0.3 is 0 Å². The number of carbonyl (C=O) groups excluding carboxylic acids is 2. The number of nitrogens with one attached hydrogen (secondary N) is 1. The second kappa shape index (κ2) is 4.53. The number of amides is 2. The van der Waals surface area contributed by atoms with Crippen LogP contribution >= 0.6 is 0 Å². The van der Waals surface area contributed by atoms with E-state index in [1.165, 1.54) is 13.5 Å². The van der Waals surface area contributed by atoms with Gasteiger partial charge in [0.05, 0.1) is 11.1 Å². The third kappa shape index (κ3) is 2.03. The van der Waals surface area contributed by atoms with Crippen molar-refractivity contribution >= 4 is 17.5 Å². The van der Waals surface area contributed by atoms with Crippen LogP contribution in [0.5, 0.6) is 0 Å². The minimum atomic E-state index is -0.220. The minimum absolute atomic E-state index is 0.218. The van der Waals surface area contributed by atoms with Gasteiger partial charge in [0.2, 0.25) is 0 Å². The molecule has 1 aliphatic carbocycles. The third-order valence-corrected chi connectivity index (χ3v) is 3.70. The zero-order valence-electron chi connectivity index (χ0n) is 10.8. The maximum Gasteiger partial charge on any atom is 0.261 e. The van der Waals surface area contributed by atoms with Crippen LogP contribution in [0.2, 0.25) is 0 Å². The van der Waals surface area contributed by atoms with E-state index in [1.807, 2.05) is 6.07 Å². The maximum absolute atomic E-state index is 11.9. The molecule has 1 unspecified atom stereocenters. The first-order valence-electron chi connectivity index (χ1n) is 6.56. The molecule has 1 heterocycles. The summed E-state index contributed by atoms with van der Waals surface area (Å²) in [6.45, 7) is 0. The van der Waals surface area contributed by atoms with Crippen LogP contribution in [0.25, 0.3) is 0 Å². The first-order chi connectivity index (χ1) is 9.16. The Kier molecular flexibility index (Phi) is 2.85. The Balaban J connectivity index is 1.86. The second-order valence-corrected chi connectivity index (χ2v) is 5.04. The molecule has 0 bridgehead atoms. The number of hydrogen-bond acceptors (Lipinski definition) is 3. The first-order valence-corrected chi connectivity index (χ1v) is 6.56. The molecule has 4 nitrogen and oxygen atoms in total. The van der Waals surface area contributed by atoms with E-state index in [-0.39, 0.29) is 11.8 Å². The summed E-state index contributed by atoms with van der Waals surface area (Å²) in [5, 5.41) is 3.39. The molecule has 4 heteroatoms. The topological polar surface area (TPSA) is 49.4 Å². The van der Waals surface area contributed by atoms with Crippen molar-refractivity contribution in [2.24, 2.45) is 0 Å². The number of hydrogen-bond donors (Lipinski definition) is 1. The highest BCUT2D eigenvalue weighted by Gasteiger charge is 2.32. The fourth-order valence-corrected chi connectivity index (χ4v) is 2.60. The Hall–Kier alpha value is -2.10. The van der Waals surface area contributed by atoms with Crippen molar-refractivity contribution in [2.45, 2.75) is 25.3 Å². The SMILES string of the molecule is CN1C(=O)c2ccc(NC3C=CCCC3)cc2C1=O. The lowest BCUT2D eigenvalue weighted by atomic mass is 10.0. The minimum Gasteiger partial charge on any atom is -0.379 e. The van der Waals surface area contributed by atoms with Crippen molar-refractivity contribution in [2.75, 3.05) is 12.4 Å². The number of carbonyl (C=O) groups is 2. The average Bonchev–Trinajstić information content (AvgIpc) is 2.65. The van der Waals surface area contributed by atoms with Gasteiger partial charge in [0, 0.05) is 18.8 Å². The number of imide groups is 1. The van der Waals surface area contributed by atoms with Gasteiger partial charge in [0.15, 0.2) is 0 Å². The van der Waals surface area contributed by atoms with Crippen LogP contribution in [0.15, 0.2) is 30.4 Å². The second-order valence-electron chi connectivity index (χ2n) is 5.04. The Labute approximate surface area is 112 Å². The van der Waals surface area contributed by atoms with E-state index in [1.54, 1.807) is 12.1 Å². The van der Waals surface area contributed by atoms with Gasteiger partial charge in [-0.05, 0) is 37.5 Å². The van der Waals surface area contributed by atoms with Gasteiger partial charge in [-0.2, -0.15) is 0 Å². The Bertz CT molecular complexity index is 578. The van der Waals surface area contributed by atoms with Gasteiger partial charge in [0.25, 0.3) is 11.8 Å². The van der Waals surface area contributed by atoms with E-state index in [4.69, 9.17) is 0 Å². The lowest BCUT2D eigenvalue weighted by Gasteiger charge is -2.19. The Morgan fingerprint density at radius 3 is 2.74 bits per heavy atom. The molecule has 0 saturated carbocycles. The van der Waals surface area contributed by atoms with Crippen molar-refractivity contribution in [1.29, 1.82) is 0 Å². The first kappa shape index (κ1) is 12.0. The molecule has 0 fully saturated rings. The lowest BCUT2D eigenvalue weighted by Crippen LogP contribution is -2.24. The monoisotopic (exact) mass is 256 g/mol. The number of nitrogens with zero attached hydrogens (tertiary/aromatic N) is 1. The lowest BCUT2D eigenvalue weighted by molar-refractivity contribution is 0.0693.